The highest BCUT2D eigenvalue weighted by molar-refractivity contribution is 5.70. The molecule has 0 bridgehead atoms. The summed E-state index contributed by atoms with van der Waals surface area (Å²) >= 11 is 0. The van der Waals surface area contributed by atoms with Crippen LogP contribution in [0.3, 0.4) is 0 Å². The third kappa shape index (κ3) is 3.82. The number of fused-ring (bicyclic) bond motifs is 3. The van der Waals surface area contributed by atoms with Crippen molar-refractivity contribution in [2.24, 2.45) is 5.73 Å². The van der Waals surface area contributed by atoms with Crippen molar-refractivity contribution < 1.29 is 9.53 Å². The molecule has 0 unspecified atom stereocenters. The quantitative estimate of drug-likeness (QED) is 0.821. The average molecular weight is 343 g/mol. The molecule has 2 aliphatic heterocycles. The van der Waals surface area contributed by atoms with Crippen LogP contribution in [0, 0.1) is 13.8 Å². The minimum Gasteiger partial charge on any atom is -0.444 e. The van der Waals surface area contributed by atoms with Crippen LogP contribution in [0.2, 0.25) is 0 Å². The Morgan fingerprint density at radius 2 is 1.96 bits per heavy atom. The Balaban J connectivity index is 1.83. The number of amides is 1. The molecular weight excluding hydrogens is 314 g/mol. The Hall–Kier alpha value is -2.01. The Kier molecular flexibility index (Phi) is 4.54. The summed E-state index contributed by atoms with van der Waals surface area (Å²) in [7, 11) is 0. The van der Waals surface area contributed by atoms with Crippen molar-refractivity contribution in [2.45, 2.75) is 59.1 Å². The zero-order valence-electron chi connectivity index (χ0n) is 15.9. The fraction of sp³-hybridized carbons (Fsp3) is 0.550. The van der Waals surface area contributed by atoms with Crippen LogP contribution >= 0.6 is 0 Å². The van der Waals surface area contributed by atoms with E-state index in [1.807, 2.05) is 20.8 Å². The molecule has 1 amide bonds. The van der Waals surface area contributed by atoms with Crippen LogP contribution in [0.25, 0.3) is 0 Å². The summed E-state index contributed by atoms with van der Waals surface area (Å²) in [6.45, 7) is 11.6. The molecule has 2 aliphatic rings. The number of ether oxygens (including phenoxy) is 1. The number of carbonyl (C=O) groups is 1. The monoisotopic (exact) mass is 343 g/mol. The van der Waals surface area contributed by atoms with E-state index < -0.39 is 11.7 Å². The van der Waals surface area contributed by atoms with Crippen LogP contribution in [-0.2, 0) is 11.2 Å². The highest BCUT2D eigenvalue weighted by atomic mass is 16.6. The molecule has 1 aromatic carbocycles. The van der Waals surface area contributed by atoms with E-state index >= 15 is 0 Å². The van der Waals surface area contributed by atoms with Gasteiger partial charge in [-0.25, -0.2) is 4.79 Å². The van der Waals surface area contributed by atoms with Crippen molar-refractivity contribution in [3.05, 3.63) is 45.8 Å². The van der Waals surface area contributed by atoms with Gasteiger partial charge in [-0.3, -0.25) is 10.2 Å². The predicted octanol–water partition coefficient (Wildman–Crippen LogP) is 3.30. The van der Waals surface area contributed by atoms with Crippen molar-refractivity contribution >= 4 is 6.09 Å². The number of carbonyl (C=O) groups excluding carboxylic acids is 1. The number of alkyl carbamates (subject to hydrolysis) is 1. The minimum atomic E-state index is -0.522. The van der Waals surface area contributed by atoms with Gasteiger partial charge in [0.25, 0.3) is 0 Å². The van der Waals surface area contributed by atoms with Gasteiger partial charge in [-0.15, -0.1) is 0 Å². The van der Waals surface area contributed by atoms with Gasteiger partial charge in [0.05, 0.1) is 0 Å². The summed E-state index contributed by atoms with van der Waals surface area (Å²) < 4.78 is 5.38. The molecule has 0 aliphatic carbocycles. The van der Waals surface area contributed by atoms with Gasteiger partial charge in [0.1, 0.15) is 5.60 Å². The lowest BCUT2D eigenvalue weighted by Gasteiger charge is -2.41. The first kappa shape index (κ1) is 17.8. The average Bonchev–Trinajstić information content (AvgIpc) is 2.48. The van der Waals surface area contributed by atoms with E-state index in [2.05, 4.69) is 36.2 Å². The third-order valence-electron chi connectivity index (χ3n) is 5.03. The lowest BCUT2D eigenvalue weighted by Crippen LogP contribution is -2.44. The number of hydrogen-bond acceptors (Lipinski definition) is 4. The summed E-state index contributed by atoms with van der Waals surface area (Å²) in [5.41, 5.74) is 12.7. The molecule has 25 heavy (non-hydrogen) atoms. The van der Waals surface area contributed by atoms with Crippen molar-refractivity contribution in [1.82, 2.24) is 10.2 Å². The van der Waals surface area contributed by atoms with E-state index in [9.17, 15) is 4.79 Å². The summed E-state index contributed by atoms with van der Waals surface area (Å²) in [5.74, 6) is 0. The number of hydrogen-bond donors (Lipinski definition) is 2. The SMILES string of the molecule is Cc1cc2c(cc1C)[C@@H]1CC(NC(=O)OC(C)(C)C)=C(N)CN1CC2. The lowest BCUT2D eigenvalue weighted by molar-refractivity contribution is 0.0535. The summed E-state index contributed by atoms with van der Waals surface area (Å²) in [4.78, 5) is 14.5. The normalized spacial score (nSPS) is 20.8. The Morgan fingerprint density at radius 1 is 1.28 bits per heavy atom. The molecule has 0 saturated heterocycles. The van der Waals surface area contributed by atoms with Crippen LogP contribution in [-0.4, -0.2) is 29.7 Å². The largest absolute Gasteiger partial charge is 0.444 e. The van der Waals surface area contributed by atoms with Gasteiger partial charge in [0, 0.05) is 36.9 Å². The van der Waals surface area contributed by atoms with Gasteiger partial charge < -0.3 is 10.5 Å². The standard InChI is InChI=1S/C20H29N3O2/c1-12-8-14-6-7-23-11-16(21)17(22-19(24)25-20(3,4)5)10-18(23)15(14)9-13(12)2/h8-9,18H,6-7,10-11,21H2,1-5H3,(H,22,24)/t18-/m0/s1. The molecule has 0 radical (unpaired) electrons. The predicted molar refractivity (Wildman–Crippen MR) is 99.1 cm³/mol. The van der Waals surface area contributed by atoms with Gasteiger partial charge in [-0.2, -0.15) is 0 Å². The van der Waals surface area contributed by atoms with Crippen LogP contribution < -0.4 is 11.1 Å². The first-order chi connectivity index (χ1) is 11.6. The second-order valence-electron chi connectivity index (χ2n) is 8.21. The molecular formula is C20H29N3O2. The molecule has 2 heterocycles. The number of rotatable bonds is 1. The van der Waals surface area contributed by atoms with E-state index in [0.717, 1.165) is 24.4 Å². The molecule has 136 valence electrons. The smallest absolute Gasteiger partial charge is 0.411 e. The summed E-state index contributed by atoms with van der Waals surface area (Å²) in [5, 5.41) is 2.88. The molecule has 1 aromatic rings. The van der Waals surface area contributed by atoms with E-state index in [0.29, 0.717) is 13.0 Å². The zero-order chi connectivity index (χ0) is 18.4. The molecule has 5 heteroatoms. The maximum Gasteiger partial charge on any atom is 0.411 e. The van der Waals surface area contributed by atoms with Gasteiger partial charge in [0.2, 0.25) is 0 Å². The summed E-state index contributed by atoms with van der Waals surface area (Å²) in [6, 6.07) is 4.87. The van der Waals surface area contributed by atoms with Gasteiger partial charge in [0.15, 0.2) is 0 Å². The summed E-state index contributed by atoms with van der Waals surface area (Å²) in [6.07, 6.45) is 1.32. The maximum absolute atomic E-state index is 12.1. The van der Waals surface area contributed by atoms with Crippen LogP contribution in [0.1, 0.15) is 55.5 Å². The third-order valence-corrected chi connectivity index (χ3v) is 5.03. The van der Waals surface area contributed by atoms with Crippen LogP contribution in [0.15, 0.2) is 23.5 Å². The molecule has 5 nitrogen and oxygen atoms in total. The fourth-order valence-electron chi connectivity index (χ4n) is 3.67. The van der Waals surface area contributed by atoms with Crippen molar-refractivity contribution in [2.75, 3.05) is 13.1 Å². The fourth-order valence-corrected chi connectivity index (χ4v) is 3.67. The number of nitrogens with two attached hydrogens (primary N) is 1. The lowest BCUT2D eigenvalue weighted by atomic mass is 9.85. The topological polar surface area (TPSA) is 67.6 Å². The molecule has 0 spiro atoms. The van der Waals surface area contributed by atoms with E-state index in [-0.39, 0.29) is 6.04 Å². The number of benzene rings is 1. The van der Waals surface area contributed by atoms with E-state index in [1.165, 1.54) is 22.3 Å². The first-order valence-corrected chi connectivity index (χ1v) is 8.95. The van der Waals surface area contributed by atoms with Gasteiger partial charge >= 0.3 is 6.09 Å². The van der Waals surface area contributed by atoms with Crippen molar-refractivity contribution in [1.29, 1.82) is 0 Å². The molecule has 0 saturated carbocycles. The molecule has 0 fully saturated rings. The number of nitrogens with zero attached hydrogens (tertiary/aromatic N) is 1. The Bertz CT molecular complexity index is 731. The van der Waals surface area contributed by atoms with Gasteiger partial charge in [-0.05, 0) is 63.3 Å². The molecule has 0 aromatic heterocycles. The highest BCUT2D eigenvalue weighted by Crippen LogP contribution is 2.38. The second-order valence-corrected chi connectivity index (χ2v) is 8.21. The van der Waals surface area contributed by atoms with E-state index in [1.54, 1.807) is 0 Å². The Morgan fingerprint density at radius 3 is 2.64 bits per heavy atom. The minimum absolute atomic E-state index is 0.264. The first-order valence-electron chi connectivity index (χ1n) is 8.95. The molecule has 1 atom stereocenters. The van der Waals surface area contributed by atoms with Gasteiger partial charge in [-0.1, -0.05) is 12.1 Å². The van der Waals surface area contributed by atoms with Crippen molar-refractivity contribution in [3.63, 3.8) is 0 Å². The highest BCUT2D eigenvalue weighted by Gasteiger charge is 2.33. The number of aryl methyl sites for hydroxylation is 2. The number of nitrogens with one attached hydrogen (secondary N) is 1. The van der Waals surface area contributed by atoms with E-state index in [4.69, 9.17) is 10.5 Å². The van der Waals surface area contributed by atoms with Crippen LogP contribution in [0.5, 0.6) is 0 Å². The Labute approximate surface area is 150 Å². The molecule has 3 N–H and O–H groups in total. The molecule has 3 rings (SSSR count). The maximum atomic E-state index is 12.1. The van der Waals surface area contributed by atoms with Crippen molar-refractivity contribution in [3.8, 4) is 0 Å². The van der Waals surface area contributed by atoms with Crippen LogP contribution in [0.4, 0.5) is 4.79 Å². The second kappa shape index (κ2) is 6.37. The zero-order valence-corrected chi connectivity index (χ0v) is 15.9.